The van der Waals surface area contributed by atoms with Crippen molar-refractivity contribution in [2.75, 3.05) is 17.7 Å². The Labute approximate surface area is 155 Å². The molecule has 0 spiro atoms. The number of nitrogens with zero attached hydrogens (tertiary/aromatic N) is 1. The Kier molecular flexibility index (Phi) is 4.12. The van der Waals surface area contributed by atoms with Crippen LogP contribution in [0.3, 0.4) is 0 Å². The molecule has 1 amide bonds. The Bertz CT molecular complexity index is 1080. The molecule has 0 bridgehead atoms. The molecule has 1 aliphatic heterocycles. The van der Waals surface area contributed by atoms with Crippen LogP contribution in [0.15, 0.2) is 47.5 Å². The molecule has 3 aromatic rings. The molecule has 0 unspecified atom stereocenters. The number of anilines is 3. The summed E-state index contributed by atoms with van der Waals surface area (Å²) in [5, 5.41) is 9.15. The molecule has 0 radical (unpaired) electrons. The summed E-state index contributed by atoms with van der Waals surface area (Å²) < 4.78 is 0. The van der Waals surface area contributed by atoms with Gasteiger partial charge in [0.1, 0.15) is 5.82 Å². The zero-order valence-corrected chi connectivity index (χ0v) is 15.0. The monoisotopic (exact) mass is 361 g/mol. The van der Waals surface area contributed by atoms with Gasteiger partial charge in [-0.15, -0.1) is 0 Å². The number of nitrogens with one attached hydrogen (secondary N) is 4. The Morgan fingerprint density at radius 2 is 1.96 bits per heavy atom. The zero-order chi connectivity index (χ0) is 19.0. The van der Waals surface area contributed by atoms with E-state index in [1.165, 1.54) is 6.07 Å². The maximum atomic E-state index is 12.2. The third kappa shape index (κ3) is 3.03. The molecule has 0 aliphatic carbocycles. The molecule has 2 aromatic heterocycles. The van der Waals surface area contributed by atoms with Gasteiger partial charge < -0.3 is 20.9 Å². The molecule has 0 saturated carbocycles. The third-order valence-electron chi connectivity index (χ3n) is 4.69. The lowest BCUT2D eigenvalue weighted by molar-refractivity contribution is 0.0966. The standard InChI is InChI=1S/C20H19N5O2/c1-11-7-17(25-12-3-6-18(26)23-8-12)22-9-14(11)13-4-5-16(21-2)19-15(13)10-24-20(19)27/h3-9,21H,10H2,1-2H3,(H,22,25)(H,23,26)(H,24,27). The molecule has 3 heterocycles. The highest BCUT2D eigenvalue weighted by atomic mass is 16.2. The maximum Gasteiger partial charge on any atom is 0.254 e. The first-order valence-electron chi connectivity index (χ1n) is 8.61. The van der Waals surface area contributed by atoms with Crippen molar-refractivity contribution in [1.29, 1.82) is 0 Å². The van der Waals surface area contributed by atoms with Crippen molar-refractivity contribution in [3.63, 3.8) is 0 Å². The van der Waals surface area contributed by atoms with E-state index >= 15 is 0 Å². The van der Waals surface area contributed by atoms with Gasteiger partial charge in [0.05, 0.1) is 11.3 Å². The summed E-state index contributed by atoms with van der Waals surface area (Å²) in [5.41, 5.74) is 6.13. The minimum Gasteiger partial charge on any atom is -0.387 e. The second-order valence-electron chi connectivity index (χ2n) is 6.40. The number of aromatic amines is 1. The van der Waals surface area contributed by atoms with E-state index < -0.39 is 0 Å². The topological polar surface area (TPSA) is 98.9 Å². The maximum absolute atomic E-state index is 12.2. The van der Waals surface area contributed by atoms with Crippen LogP contribution >= 0.6 is 0 Å². The zero-order valence-electron chi connectivity index (χ0n) is 15.0. The van der Waals surface area contributed by atoms with E-state index in [1.54, 1.807) is 18.5 Å². The van der Waals surface area contributed by atoms with Crippen molar-refractivity contribution in [2.45, 2.75) is 13.5 Å². The van der Waals surface area contributed by atoms with Crippen molar-refractivity contribution in [3.05, 3.63) is 69.8 Å². The van der Waals surface area contributed by atoms with E-state index in [0.717, 1.165) is 33.6 Å². The first-order chi connectivity index (χ1) is 13.1. The third-order valence-corrected chi connectivity index (χ3v) is 4.69. The summed E-state index contributed by atoms with van der Waals surface area (Å²) in [7, 11) is 1.81. The smallest absolute Gasteiger partial charge is 0.254 e. The van der Waals surface area contributed by atoms with Gasteiger partial charge in [-0.1, -0.05) is 6.07 Å². The summed E-state index contributed by atoms with van der Waals surface area (Å²) in [6.45, 7) is 2.52. The summed E-state index contributed by atoms with van der Waals surface area (Å²) >= 11 is 0. The van der Waals surface area contributed by atoms with Crippen LogP contribution in [0.5, 0.6) is 0 Å². The summed E-state index contributed by atoms with van der Waals surface area (Å²) in [4.78, 5) is 30.5. The number of aromatic nitrogens is 2. The van der Waals surface area contributed by atoms with Crippen molar-refractivity contribution < 1.29 is 4.79 Å². The van der Waals surface area contributed by atoms with Gasteiger partial charge >= 0.3 is 0 Å². The SMILES string of the molecule is CNc1ccc(-c2cnc(Nc3ccc(=O)[nH]c3)cc2C)c2c1C(=O)NC2. The Morgan fingerprint density at radius 3 is 2.67 bits per heavy atom. The predicted octanol–water partition coefficient (Wildman–Crippen LogP) is 2.77. The van der Waals surface area contributed by atoms with E-state index in [9.17, 15) is 9.59 Å². The van der Waals surface area contributed by atoms with Crippen LogP contribution in [0, 0.1) is 6.92 Å². The molecule has 7 nitrogen and oxygen atoms in total. The number of hydrogen-bond donors (Lipinski definition) is 4. The van der Waals surface area contributed by atoms with Crippen LogP contribution in [0.2, 0.25) is 0 Å². The number of benzene rings is 1. The number of hydrogen-bond acceptors (Lipinski definition) is 5. The fourth-order valence-corrected chi connectivity index (χ4v) is 3.35. The van der Waals surface area contributed by atoms with Gasteiger partial charge in [-0.2, -0.15) is 0 Å². The molecule has 4 rings (SSSR count). The average molecular weight is 361 g/mol. The number of rotatable bonds is 4. The van der Waals surface area contributed by atoms with Gasteiger partial charge in [-0.3, -0.25) is 9.59 Å². The van der Waals surface area contributed by atoms with Crippen LogP contribution in [0.25, 0.3) is 11.1 Å². The number of H-pyrrole nitrogens is 1. The van der Waals surface area contributed by atoms with Gasteiger partial charge in [0.25, 0.3) is 5.91 Å². The quantitative estimate of drug-likeness (QED) is 0.573. The lowest BCUT2D eigenvalue weighted by Crippen LogP contribution is -2.13. The van der Waals surface area contributed by atoms with Gasteiger partial charge in [0.15, 0.2) is 0 Å². The van der Waals surface area contributed by atoms with E-state index in [4.69, 9.17) is 0 Å². The van der Waals surface area contributed by atoms with Crippen molar-refractivity contribution in [2.24, 2.45) is 0 Å². The number of fused-ring (bicyclic) bond motifs is 1. The van der Waals surface area contributed by atoms with Crippen LogP contribution in [-0.2, 0) is 6.54 Å². The number of aryl methyl sites for hydroxylation is 1. The molecule has 0 fully saturated rings. The number of carbonyl (C=O) groups is 1. The van der Waals surface area contributed by atoms with E-state index in [1.807, 2.05) is 32.2 Å². The molecular weight excluding hydrogens is 342 g/mol. The summed E-state index contributed by atoms with van der Waals surface area (Å²) in [6, 6.07) is 9.04. The Morgan fingerprint density at radius 1 is 1.11 bits per heavy atom. The van der Waals surface area contributed by atoms with Crippen molar-refractivity contribution in [3.8, 4) is 11.1 Å². The fraction of sp³-hybridized carbons (Fsp3) is 0.150. The highest BCUT2D eigenvalue weighted by Crippen LogP contribution is 2.35. The molecule has 27 heavy (non-hydrogen) atoms. The molecule has 0 atom stereocenters. The van der Waals surface area contributed by atoms with Gasteiger partial charge in [-0.05, 0) is 41.8 Å². The number of amides is 1. The predicted molar refractivity (Wildman–Crippen MR) is 105 cm³/mol. The number of carbonyl (C=O) groups excluding carboxylic acids is 1. The fourth-order valence-electron chi connectivity index (χ4n) is 3.35. The largest absolute Gasteiger partial charge is 0.387 e. The number of pyridine rings is 2. The van der Waals surface area contributed by atoms with Crippen LogP contribution in [0.4, 0.5) is 17.2 Å². The van der Waals surface area contributed by atoms with E-state index in [2.05, 4.69) is 25.9 Å². The van der Waals surface area contributed by atoms with Crippen LogP contribution in [0.1, 0.15) is 21.5 Å². The van der Waals surface area contributed by atoms with E-state index in [0.29, 0.717) is 17.9 Å². The summed E-state index contributed by atoms with van der Waals surface area (Å²) in [5.74, 6) is 0.624. The molecule has 1 aliphatic rings. The molecule has 4 N–H and O–H groups in total. The van der Waals surface area contributed by atoms with E-state index in [-0.39, 0.29) is 11.5 Å². The normalized spacial score (nSPS) is 12.4. The van der Waals surface area contributed by atoms with Gasteiger partial charge in [-0.25, -0.2) is 4.98 Å². The highest BCUT2D eigenvalue weighted by Gasteiger charge is 2.26. The lowest BCUT2D eigenvalue weighted by Gasteiger charge is -2.14. The highest BCUT2D eigenvalue weighted by molar-refractivity contribution is 6.05. The average Bonchev–Trinajstić information content (AvgIpc) is 3.06. The minimum absolute atomic E-state index is 0.0573. The van der Waals surface area contributed by atoms with Crippen molar-refractivity contribution in [1.82, 2.24) is 15.3 Å². The summed E-state index contributed by atoms with van der Waals surface area (Å²) in [6.07, 6.45) is 3.41. The molecular formula is C20H19N5O2. The minimum atomic E-state index is -0.151. The molecule has 0 saturated heterocycles. The van der Waals surface area contributed by atoms with Crippen LogP contribution in [-0.4, -0.2) is 22.9 Å². The molecule has 7 heteroatoms. The van der Waals surface area contributed by atoms with Crippen LogP contribution < -0.4 is 21.5 Å². The van der Waals surface area contributed by atoms with Gasteiger partial charge in [0, 0.05) is 43.3 Å². The van der Waals surface area contributed by atoms with Crippen molar-refractivity contribution >= 4 is 23.1 Å². The second-order valence-corrected chi connectivity index (χ2v) is 6.40. The lowest BCUT2D eigenvalue weighted by atomic mass is 9.94. The Hall–Kier alpha value is -3.61. The Balaban J connectivity index is 1.71. The first kappa shape index (κ1) is 16.8. The molecule has 136 valence electrons. The van der Waals surface area contributed by atoms with Gasteiger partial charge in [0.2, 0.25) is 5.56 Å². The second kappa shape index (κ2) is 6.60. The molecule has 1 aromatic carbocycles. The first-order valence-corrected chi connectivity index (χ1v) is 8.61.